The maximum Gasteiger partial charge on any atom is 0.257 e. The van der Waals surface area contributed by atoms with E-state index in [0.29, 0.717) is 18.6 Å². The number of fused-ring (bicyclic) bond motifs is 1. The molecular weight excluding hydrogens is 300 g/mol. The van der Waals surface area contributed by atoms with E-state index in [1.165, 1.54) is 0 Å². The number of amides is 1. The number of nitrogens with one attached hydrogen (secondary N) is 1. The highest BCUT2D eigenvalue weighted by Gasteiger charge is 2.13. The van der Waals surface area contributed by atoms with E-state index in [1.807, 2.05) is 36.4 Å². The van der Waals surface area contributed by atoms with E-state index in [2.05, 4.69) is 44.0 Å². The van der Waals surface area contributed by atoms with E-state index in [1.54, 1.807) is 0 Å². The number of nitrogens with zero attached hydrogens (tertiary/aromatic N) is 1. The minimum atomic E-state index is -0.0874. The average molecular weight is 328 g/mol. The van der Waals surface area contributed by atoms with Crippen LogP contribution in [0.3, 0.4) is 0 Å². The van der Waals surface area contributed by atoms with E-state index in [9.17, 15) is 4.79 Å². The molecule has 0 radical (unpaired) electrons. The van der Waals surface area contributed by atoms with Crippen molar-refractivity contribution >= 4 is 16.7 Å². The molecule has 1 amide bonds. The largest absolute Gasteiger partial charge is 0.484 e. The Morgan fingerprint density at radius 3 is 2.38 bits per heavy atom. The molecule has 2 rings (SSSR count). The average Bonchev–Trinajstić information content (AvgIpc) is 2.56. The van der Waals surface area contributed by atoms with Gasteiger partial charge in [-0.1, -0.05) is 30.3 Å². The van der Waals surface area contributed by atoms with E-state index < -0.39 is 0 Å². The number of ether oxygens (including phenoxy) is 1. The minimum absolute atomic E-state index is 0.0434. The number of hydrogen-bond acceptors (Lipinski definition) is 3. The highest BCUT2D eigenvalue weighted by atomic mass is 16.5. The summed E-state index contributed by atoms with van der Waals surface area (Å²) in [6.07, 6.45) is 0. The fourth-order valence-electron chi connectivity index (χ4n) is 2.89. The van der Waals surface area contributed by atoms with Crippen LogP contribution in [0.2, 0.25) is 0 Å². The van der Waals surface area contributed by atoms with Gasteiger partial charge in [0.15, 0.2) is 6.61 Å². The van der Waals surface area contributed by atoms with Gasteiger partial charge in [0.2, 0.25) is 0 Å². The first-order valence-electron chi connectivity index (χ1n) is 8.61. The van der Waals surface area contributed by atoms with Crippen LogP contribution in [0.5, 0.6) is 5.75 Å². The number of carbonyl (C=O) groups is 1. The highest BCUT2D eigenvalue weighted by Crippen LogP contribution is 2.20. The Balaban J connectivity index is 1.78. The molecule has 0 saturated carbocycles. The summed E-state index contributed by atoms with van der Waals surface area (Å²) >= 11 is 0. The van der Waals surface area contributed by atoms with Crippen molar-refractivity contribution in [1.29, 1.82) is 0 Å². The third-order valence-electron chi connectivity index (χ3n) is 4.11. The van der Waals surface area contributed by atoms with Crippen LogP contribution in [0, 0.1) is 0 Å². The van der Waals surface area contributed by atoms with Gasteiger partial charge in [-0.2, -0.15) is 0 Å². The first-order valence-corrected chi connectivity index (χ1v) is 8.61. The van der Waals surface area contributed by atoms with Gasteiger partial charge in [0, 0.05) is 25.2 Å². The topological polar surface area (TPSA) is 41.6 Å². The second kappa shape index (κ2) is 8.69. The number of hydrogen-bond donors (Lipinski definition) is 1. The molecule has 0 aliphatic heterocycles. The van der Waals surface area contributed by atoms with Gasteiger partial charge in [-0.3, -0.25) is 9.69 Å². The second-order valence-corrected chi connectivity index (χ2v) is 6.57. The molecule has 130 valence electrons. The van der Waals surface area contributed by atoms with Gasteiger partial charge in [-0.15, -0.1) is 0 Å². The molecule has 4 nitrogen and oxygen atoms in total. The van der Waals surface area contributed by atoms with Crippen LogP contribution >= 0.6 is 0 Å². The zero-order valence-electron chi connectivity index (χ0n) is 15.1. The molecule has 0 aliphatic rings. The normalized spacial score (nSPS) is 11.5. The molecule has 0 spiro atoms. The monoisotopic (exact) mass is 328 g/mol. The second-order valence-electron chi connectivity index (χ2n) is 6.57. The summed E-state index contributed by atoms with van der Waals surface area (Å²) < 4.78 is 5.60. The summed E-state index contributed by atoms with van der Waals surface area (Å²) in [5.74, 6) is 0.630. The van der Waals surface area contributed by atoms with E-state index in [4.69, 9.17) is 4.74 Å². The lowest BCUT2D eigenvalue weighted by molar-refractivity contribution is -0.123. The molecule has 0 aromatic heterocycles. The Morgan fingerprint density at radius 1 is 1.04 bits per heavy atom. The lowest BCUT2D eigenvalue weighted by Gasteiger charge is -2.30. The highest BCUT2D eigenvalue weighted by molar-refractivity contribution is 5.84. The van der Waals surface area contributed by atoms with Gasteiger partial charge in [0.1, 0.15) is 5.75 Å². The molecule has 0 aliphatic carbocycles. The summed E-state index contributed by atoms with van der Waals surface area (Å²) in [6.45, 7) is 10.2. The quantitative estimate of drug-likeness (QED) is 0.807. The standard InChI is InChI=1S/C20H28N2O2/c1-15(2)22(16(3)4)12-11-21-20(23)14-24-19-10-9-17-7-5-6-8-18(17)13-19/h5-10,13,15-16H,11-12,14H2,1-4H3,(H,21,23). The van der Waals surface area contributed by atoms with Crippen molar-refractivity contribution in [2.75, 3.05) is 19.7 Å². The molecule has 0 unspecified atom stereocenters. The lowest BCUT2D eigenvalue weighted by Crippen LogP contribution is -2.43. The van der Waals surface area contributed by atoms with Crippen molar-refractivity contribution in [3.63, 3.8) is 0 Å². The Hall–Kier alpha value is -2.07. The van der Waals surface area contributed by atoms with Crippen LogP contribution in [0.4, 0.5) is 0 Å². The van der Waals surface area contributed by atoms with Gasteiger partial charge in [-0.25, -0.2) is 0 Å². The van der Waals surface area contributed by atoms with Gasteiger partial charge in [0.05, 0.1) is 0 Å². The summed E-state index contributed by atoms with van der Waals surface area (Å²) in [7, 11) is 0. The maximum absolute atomic E-state index is 11.9. The summed E-state index contributed by atoms with van der Waals surface area (Å²) in [6, 6.07) is 14.9. The van der Waals surface area contributed by atoms with Crippen LogP contribution in [0.1, 0.15) is 27.7 Å². The van der Waals surface area contributed by atoms with Crippen molar-refractivity contribution in [2.24, 2.45) is 0 Å². The molecule has 2 aromatic carbocycles. The molecule has 24 heavy (non-hydrogen) atoms. The molecular formula is C20H28N2O2. The first-order chi connectivity index (χ1) is 11.5. The molecule has 0 heterocycles. The predicted molar refractivity (Wildman–Crippen MR) is 99.4 cm³/mol. The Kier molecular flexibility index (Phi) is 6.62. The lowest BCUT2D eigenvalue weighted by atomic mass is 10.1. The van der Waals surface area contributed by atoms with Gasteiger partial charge in [-0.05, 0) is 50.6 Å². The third kappa shape index (κ3) is 5.24. The van der Waals surface area contributed by atoms with Gasteiger partial charge in [0.25, 0.3) is 5.91 Å². The summed E-state index contributed by atoms with van der Waals surface area (Å²) in [4.78, 5) is 14.3. The van der Waals surface area contributed by atoms with E-state index >= 15 is 0 Å². The van der Waals surface area contributed by atoms with E-state index in [-0.39, 0.29) is 12.5 Å². The van der Waals surface area contributed by atoms with Crippen molar-refractivity contribution in [1.82, 2.24) is 10.2 Å². The summed E-state index contributed by atoms with van der Waals surface area (Å²) in [5.41, 5.74) is 0. The number of carbonyl (C=O) groups excluding carboxylic acids is 1. The molecule has 0 saturated heterocycles. The zero-order valence-corrected chi connectivity index (χ0v) is 15.1. The van der Waals surface area contributed by atoms with Gasteiger partial charge < -0.3 is 10.1 Å². The van der Waals surface area contributed by atoms with Crippen LogP contribution < -0.4 is 10.1 Å². The maximum atomic E-state index is 11.9. The number of benzene rings is 2. The van der Waals surface area contributed by atoms with Crippen molar-refractivity contribution in [3.8, 4) is 5.75 Å². The third-order valence-corrected chi connectivity index (χ3v) is 4.11. The molecule has 4 heteroatoms. The fourth-order valence-corrected chi connectivity index (χ4v) is 2.89. The Morgan fingerprint density at radius 2 is 1.71 bits per heavy atom. The molecule has 0 bridgehead atoms. The molecule has 0 atom stereocenters. The molecule has 0 fully saturated rings. The van der Waals surface area contributed by atoms with Crippen LogP contribution in [0.15, 0.2) is 42.5 Å². The Labute approximate surface area is 144 Å². The van der Waals surface area contributed by atoms with Crippen molar-refractivity contribution in [2.45, 2.75) is 39.8 Å². The predicted octanol–water partition coefficient (Wildman–Crippen LogP) is 3.45. The zero-order chi connectivity index (χ0) is 17.5. The molecule has 1 N–H and O–H groups in total. The van der Waals surface area contributed by atoms with Crippen molar-refractivity contribution < 1.29 is 9.53 Å². The fraction of sp³-hybridized carbons (Fsp3) is 0.450. The molecule has 2 aromatic rings. The summed E-state index contributed by atoms with van der Waals surface area (Å²) in [5, 5.41) is 5.20. The Bertz CT molecular complexity index is 659. The smallest absolute Gasteiger partial charge is 0.257 e. The SMILES string of the molecule is CC(C)N(CCNC(=O)COc1ccc2ccccc2c1)C(C)C. The number of rotatable bonds is 8. The van der Waals surface area contributed by atoms with Crippen LogP contribution in [-0.4, -0.2) is 42.6 Å². The van der Waals surface area contributed by atoms with Crippen LogP contribution in [-0.2, 0) is 4.79 Å². The van der Waals surface area contributed by atoms with Crippen molar-refractivity contribution in [3.05, 3.63) is 42.5 Å². The van der Waals surface area contributed by atoms with E-state index in [0.717, 1.165) is 23.1 Å². The first kappa shape index (κ1) is 18.3. The van der Waals surface area contributed by atoms with Crippen LogP contribution in [0.25, 0.3) is 10.8 Å². The minimum Gasteiger partial charge on any atom is -0.484 e. The van der Waals surface area contributed by atoms with Gasteiger partial charge >= 0.3 is 0 Å².